The Morgan fingerprint density at radius 1 is 1.23 bits per heavy atom. The van der Waals surface area contributed by atoms with Crippen molar-refractivity contribution in [2.45, 2.75) is 45.1 Å². The fourth-order valence-electron chi connectivity index (χ4n) is 2.71. The number of piperazine rings is 1. The van der Waals surface area contributed by atoms with Crippen molar-refractivity contribution in [1.82, 2.24) is 9.21 Å². The molecule has 2 rings (SSSR count). The normalized spacial score (nSPS) is 19.5. The lowest BCUT2D eigenvalue weighted by molar-refractivity contribution is 0.00857. The second-order valence-corrected chi connectivity index (χ2v) is 10.1. The van der Waals surface area contributed by atoms with Gasteiger partial charge in [-0.15, -0.1) is 0 Å². The van der Waals surface area contributed by atoms with Crippen molar-refractivity contribution in [3.8, 4) is 0 Å². The molecule has 1 fully saturated rings. The van der Waals surface area contributed by atoms with Gasteiger partial charge in [0.15, 0.2) is 0 Å². The van der Waals surface area contributed by atoms with Crippen molar-refractivity contribution in [1.29, 1.82) is 0 Å². The zero-order chi connectivity index (χ0) is 19.7. The van der Waals surface area contributed by atoms with E-state index >= 15 is 0 Å². The van der Waals surface area contributed by atoms with Gasteiger partial charge in [-0.1, -0.05) is 29.3 Å². The first-order valence-corrected chi connectivity index (χ1v) is 10.7. The summed E-state index contributed by atoms with van der Waals surface area (Å²) in [4.78, 5) is 13.8. The van der Waals surface area contributed by atoms with E-state index in [0.717, 1.165) is 0 Å². The van der Waals surface area contributed by atoms with E-state index in [9.17, 15) is 13.2 Å². The van der Waals surface area contributed by atoms with E-state index in [1.807, 2.05) is 0 Å². The third kappa shape index (κ3) is 5.25. The van der Waals surface area contributed by atoms with Crippen LogP contribution in [0.5, 0.6) is 0 Å². The number of nitrogens with zero attached hydrogens (tertiary/aromatic N) is 2. The van der Waals surface area contributed by atoms with Crippen LogP contribution >= 0.6 is 23.2 Å². The third-order valence-corrected chi connectivity index (χ3v) is 6.48. The monoisotopic (exact) mass is 422 g/mol. The first-order chi connectivity index (χ1) is 11.9. The van der Waals surface area contributed by atoms with Crippen LogP contribution in [0.1, 0.15) is 33.3 Å². The number of hydrogen-bond acceptors (Lipinski definition) is 4. The number of amides is 1. The average Bonchev–Trinajstić information content (AvgIpc) is 2.49. The van der Waals surface area contributed by atoms with Gasteiger partial charge in [-0.2, -0.15) is 4.31 Å². The van der Waals surface area contributed by atoms with Crippen LogP contribution in [0.4, 0.5) is 4.79 Å². The van der Waals surface area contributed by atoms with Gasteiger partial charge >= 0.3 is 6.09 Å². The standard InChI is InChI=1S/C17H24Cl2N2O4S/c1-12-10-20(8-9-21(12)16(22)25-17(2,3)4)26(23,24)11-13-14(18)6-5-7-15(13)19/h5-7,12H,8-11H2,1-4H3/t12-/m0/s1. The Kier molecular flexibility index (Phi) is 6.48. The van der Waals surface area contributed by atoms with Crippen LogP contribution in [-0.2, 0) is 20.5 Å². The van der Waals surface area contributed by atoms with Crippen molar-refractivity contribution in [3.63, 3.8) is 0 Å². The van der Waals surface area contributed by atoms with Crippen LogP contribution in [-0.4, -0.2) is 55.0 Å². The summed E-state index contributed by atoms with van der Waals surface area (Å²) in [6, 6.07) is 4.60. The second kappa shape index (κ2) is 7.92. The average molecular weight is 423 g/mol. The topological polar surface area (TPSA) is 66.9 Å². The summed E-state index contributed by atoms with van der Waals surface area (Å²) >= 11 is 12.2. The van der Waals surface area contributed by atoms with Crippen LogP contribution in [0.15, 0.2) is 18.2 Å². The van der Waals surface area contributed by atoms with Gasteiger partial charge in [-0.05, 0) is 39.8 Å². The lowest BCUT2D eigenvalue weighted by atomic mass is 10.2. The second-order valence-electron chi connectivity index (χ2n) is 7.34. The fourth-order valence-corrected chi connectivity index (χ4v) is 5.06. The van der Waals surface area contributed by atoms with Crippen molar-refractivity contribution in [2.24, 2.45) is 0 Å². The highest BCUT2D eigenvalue weighted by Gasteiger charge is 2.35. The maximum Gasteiger partial charge on any atom is 0.410 e. The van der Waals surface area contributed by atoms with Gasteiger partial charge in [0.05, 0.1) is 5.75 Å². The molecule has 0 saturated carbocycles. The molecule has 0 radical (unpaired) electrons. The van der Waals surface area contributed by atoms with E-state index in [-0.39, 0.29) is 31.4 Å². The summed E-state index contributed by atoms with van der Waals surface area (Å²) in [5.41, 5.74) is -0.209. The lowest BCUT2D eigenvalue weighted by Gasteiger charge is -2.39. The molecule has 0 bridgehead atoms. The van der Waals surface area contributed by atoms with Crippen LogP contribution in [0.3, 0.4) is 0 Å². The summed E-state index contributed by atoms with van der Waals surface area (Å²) in [6.07, 6.45) is -0.434. The predicted octanol–water partition coefficient (Wildman–Crippen LogP) is 3.76. The summed E-state index contributed by atoms with van der Waals surface area (Å²) in [5, 5.41) is 0.642. The van der Waals surface area contributed by atoms with Gasteiger partial charge in [0.1, 0.15) is 5.60 Å². The highest BCUT2D eigenvalue weighted by molar-refractivity contribution is 7.88. The molecule has 26 heavy (non-hydrogen) atoms. The van der Waals surface area contributed by atoms with Crippen LogP contribution in [0, 0.1) is 0 Å². The van der Waals surface area contributed by atoms with E-state index in [2.05, 4.69) is 0 Å². The smallest absolute Gasteiger partial charge is 0.410 e. The van der Waals surface area contributed by atoms with Crippen molar-refractivity contribution in [2.75, 3.05) is 19.6 Å². The lowest BCUT2D eigenvalue weighted by Crippen LogP contribution is -2.56. The minimum atomic E-state index is -3.61. The Morgan fingerprint density at radius 2 is 1.81 bits per heavy atom. The maximum absolute atomic E-state index is 12.8. The van der Waals surface area contributed by atoms with Crippen molar-refractivity contribution < 1.29 is 17.9 Å². The van der Waals surface area contributed by atoms with E-state index in [0.29, 0.717) is 15.6 Å². The number of sulfonamides is 1. The molecule has 6 nitrogen and oxygen atoms in total. The summed E-state index contributed by atoms with van der Waals surface area (Å²) in [5.74, 6) is -0.273. The van der Waals surface area contributed by atoms with Gasteiger partial charge < -0.3 is 9.64 Å². The summed E-state index contributed by atoms with van der Waals surface area (Å²) < 4.78 is 32.3. The Labute approximate surface area is 165 Å². The molecule has 1 heterocycles. The number of rotatable bonds is 3. The van der Waals surface area contributed by atoms with Gasteiger partial charge in [-0.25, -0.2) is 13.2 Å². The van der Waals surface area contributed by atoms with Crippen LogP contribution in [0.2, 0.25) is 10.0 Å². The number of carbonyl (C=O) groups excluding carboxylic acids is 1. The molecule has 1 atom stereocenters. The fraction of sp³-hybridized carbons (Fsp3) is 0.588. The molecule has 1 saturated heterocycles. The molecule has 9 heteroatoms. The number of halogens is 2. The van der Waals surface area contributed by atoms with Crippen molar-refractivity contribution >= 4 is 39.3 Å². The Hall–Kier alpha value is -1.02. The third-order valence-electron chi connectivity index (χ3n) is 4.00. The summed E-state index contributed by atoms with van der Waals surface area (Å²) in [7, 11) is -3.61. The first-order valence-electron chi connectivity index (χ1n) is 8.31. The van der Waals surface area contributed by atoms with Crippen LogP contribution in [0.25, 0.3) is 0 Å². The molecule has 1 aliphatic heterocycles. The van der Waals surface area contributed by atoms with E-state index < -0.39 is 21.7 Å². The Bertz CT molecular complexity index is 757. The molecule has 1 aromatic rings. The number of carbonyl (C=O) groups is 1. The van der Waals surface area contributed by atoms with E-state index in [1.54, 1.807) is 50.8 Å². The number of ether oxygens (including phenoxy) is 1. The molecule has 146 valence electrons. The first kappa shape index (κ1) is 21.3. The Balaban J connectivity index is 2.09. The molecular formula is C17H24Cl2N2O4S. The number of benzene rings is 1. The van der Waals surface area contributed by atoms with E-state index in [4.69, 9.17) is 27.9 Å². The van der Waals surface area contributed by atoms with Gasteiger partial charge in [0.25, 0.3) is 0 Å². The molecule has 0 N–H and O–H groups in total. The van der Waals surface area contributed by atoms with Crippen molar-refractivity contribution in [3.05, 3.63) is 33.8 Å². The number of hydrogen-bond donors (Lipinski definition) is 0. The quantitative estimate of drug-likeness (QED) is 0.743. The molecule has 1 amide bonds. The molecule has 0 spiro atoms. The summed E-state index contributed by atoms with van der Waals surface area (Å²) in [6.45, 7) is 7.86. The SMILES string of the molecule is C[C@H]1CN(S(=O)(=O)Cc2c(Cl)cccc2Cl)CCN1C(=O)OC(C)(C)C. The molecule has 1 aromatic carbocycles. The minimum absolute atomic E-state index is 0.198. The molecule has 1 aliphatic rings. The molecule has 0 unspecified atom stereocenters. The maximum atomic E-state index is 12.8. The highest BCUT2D eigenvalue weighted by atomic mass is 35.5. The Morgan fingerprint density at radius 3 is 2.31 bits per heavy atom. The van der Waals surface area contributed by atoms with Gasteiger partial charge in [0.2, 0.25) is 10.0 Å². The zero-order valence-corrected chi connectivity index (χ0v) is 17.7. The van der Waals surface area contributed by atoms with E-state index in [1.165, 1.54) is 4.31 Å². The van der Waals surface area contributed by atoms with Crippen LogP contribution < -0.4 is 0 Å². The predicted molar refractivity (Wildman–Crippen MR) is 103 cm³/mol. The molecular weight excluding hydrogens is 399 g/mol. The highest BCUT2D eigenvalue weighted by Crippen LogP contribution is 2.28. The largest absolute Gasteiger partial charge is 0.444 e. The van der Waals surface area contributed by atoms with Gasteiger partial charge in [-0.3, -0.25) is 0 Å². The minimum Gasteiger partial charge on any atom is -0.444 e. The zero-order valence-electron chi connectivity index (χ0n) is 15.3. The molecule has 0 aliphatic carbocycles. The molecule has 0 aromatic heterocycles. The van der Waals surface area contributed by atoms with Gasteiger partial charge in [0, 0.05) is 41.3 Å².